The van der Waals surface area contributed by atoms with Crippen molar-refractivity contribution >= 4 is 41.4 Å². The summed E-state index contributed by atoms with van der Waals surface area (Å²) in [5.41, 5.74) is -0.155. The maximum atomic E-state index is 14.4. The summed E-state index contributed by atoms with van der Waals surface area (Å²) in [7, 11) is 3.13. The van der Waals surface area contributed by atoms with Gasteiger partial charge in [0.1, 0.15) is 18.1 Å². The van der Waals surface area contributed by atoms with Crippen molar-refractivity contribution in [2.75, 3.05) is 33.8 Å². The summed E-state index contributed by atoms with van der Waals surface area (Å²) < 4.78 is 5.34. The summed E-state index contributed by atoms with van der Waals surface area (Å²) in [5, 5.41) is 10.5. The van der Waals surface area contributed by atoms with E-state index in [0.29, 0.717) is 24.4 Å². The fourth-order valence-electron chi connectivity index (χ4n) is 8.15. The van der Waals surface area contributed by atoms with Crippen LogP contribution in [0.2, 0.25) is 0 Å². The Morgan fingerprint density at radius 3 is 2.21 bits per heavy atom. The number of fused-ring (bicyclic) bond motifs is 5. The first-order chi connectivity index (χ1) is 24.9. The Balaban J connectivity index is 1.47. The van der Waals surface area contributed by atoms with Gasteiger partial charge in [-0.05, 0) is 66.3 Å². The monoisotopic (exact) mass is 738 g/mol. The molecule has 53 heavy (non-hydrogen) atoms. The molecule has 1 aliphatic heterocycles. The summed E-state index contributed by atoms with van der Waals surface area (Å²) in [4.78, 5) is 96.8. The predicted octanol–water partition coefficient (Wildman–Crippen LogP) is 2.57. The van der Waals surface area contributed by atoms with Gasteiger partial charge in [0.2, 0.25) is 29.4 Å². The second-order valence-electron chi connectivity index (χ2n) is 16.5. The molecule has 0 spiro atoms. The van der Waals surface area contributed by atoms with Gasteiger partial charge in [-0.3, -0.25) is 28.8 Å². The van der Waals surface area contributed by atoms with Crippen molar-refractivity contribution in [2.24, 2.45) is 35.0 Å². The second kappa shape index (κ2) is 17.6. The molecule has 1 aromatic rings. The van der Waals surface area contributed by atoms with Crippen LogP contribution < -0.4 is 21.3 Å². The van der Waals surface area contributed by atoms with E-state index in [9.17, 15) is 33.6 Å². The van der Waals surface area contributed by atoms with Gasteiger partial charge >= 0.3 is 6.09 Å². The Morgan fingerprint density at radius 1 is 0.943 bits per heavy atom. The number of Topliss-reactive ketones (excluding diaryl/α,β-unsaturated/α-hetero) is 1. The van der Waals surface area contributed by atoms with E-state index in [0.717, 1.165) is 19.3 Å². The Kier molecular flexibility index (Phi) is 13.7. The summed E-state index contributed by atoms with van der Waals surface area (Å²) in [5.74, 6) is -3.18. The van der Waals surface area contributed by atoms with Crippen molar-refractivity contribution in [2.45, 2.75) is 97.8 Å². The number of likely N-dealkylation sites (tertiary alicyclic amines) is 1. The molecule has 0 aromatic heterocycles. The van der Waals surface area contributed by atoms with Gasteiger partial charge in [0, 0.05) is 20.6 Å². The molecule has 3 aliphatic rings. The fraction of sp³-hybridized carbons (Fsp3) is 0.667. The number of amides is 6. The molecule has 1 heterocycles. The van der Waals surface area contributed by atoms with Crippen molar-refractivity contribution in [3.05, 3.63) is 35.9 Å². The zero-order valence-electron chi connectivity index (χ0n) is 32.4. The summed E-state index contributed by atoms with van der Waals surface area (Å²) in [6.07, 6.45) is 2.88. The minimum Gasteiger partial charge on any atom is -0.449 e. The molecular formula is C39H58N6O8. The molecule has 4 N–H and O–H groups in total. The highest BCUT2D eigenvalue weighted by Gasteiger charge is 2.60. The highest BCUT2D eigenvalue weighted by Crippen LogP contribution is 2.57. The largest absolute Gasteiger partial charge is 0.449 e. The summed E-state index contributed by atoms with van der Waals surface area (Å²) in [6, 6.07) is 4.61. The van der Waals surface area contributed by atoms with E-state index < -0.39 is 71.6 Å². The van der Waals surface area contributed by atoms with Gasteiger partial charge in [0.05, 0.1) is 19.2 Å². The van der Waals surface area contributed by atoms with Gasteiger partial charge in [-0.25, -0.2) is 4.79 Å². The maximum absolute atomic E-state index is 14.4. The smallest absolute Gasteiger partial charge is 0.407 e. The lowest BCUT2D eigenvalue weighted by molar-refractivity contribution is -0.145. The number of carbonyl (C=O) groups is 7. The number of ether oxygens (including phenoxy) is 1. The highest BCUT2D eigenvalue weighted by molar-refractivity contribution is 6.38. The molecule has 2 bridgehead atoms. The molecule has 1 aromatic carbocycles. The molecule has 1 saturated heterocycles. The van der Waals surface area contributed by atoms with Gasteiger partial charge in [-0.2, -0.15) is 0 Å². The van der Waals surface area contributed by atoms with Crippen LogP contribution in [0.15, 0.2) is 30.3 Å². The van der Waals surface area contributed by atoms with Gasteiger partial charge in [-0.15, -0.1) is 0 Å². The minimum absolute atomic E-state index is 0.106. The lowest BCUT2D eigenvalue weighted by Gasteiger charge is -2.37. The Hall–Kier alpha value is -4.49. The van der Waals surface area contributed by atoms with Crippen LogP contribution in [0, 0.1) is 35.0 Å². The first kappa shape index (κ1) is 41.3. The summed E-state index contributed by atoms with van der Waals surface area (Å²) in [6.45, 7) is 11.1. The van der Waals surface area contributed by atoms with Crippen LogP contribution in [0.4, 0.5) is 4.79 Å². The first-order valence-corrected chi connectivity index (χ1v) is 18.9. The zero-order chi connectivity index (χ0) is 39.2. The number of carbonyl (C=O) groups excluding carboxylic acids is 7. The molecule has 2 aliphatic carbocycles. The topological polar surface area (TPSA) is 183 Å². The molecule has 4 rings (SSSR count). The van der Waals surface area contributed by atoms with Crippen molar-refractivity contribution in [3.63, 3.8) is 0 Å². The normalized spacial score (nSPS) is 23.3. The van der Waals surface area contributed by atoms with Crippen LogP contribution in [-0.2, 0) is 33.5 Å². The second-order valence-corrected chi connectivity index (χ2v) is 16.5. The third kappa shape index (κ3) is 9.94. The van der Waals surface area contributed by atoms with E-state index >= 15 is 0 Å². The van der Waals surface area contributed by atoms with Crippen molar-refractivity contribution < 1.29 is 38.3 Å². The average Bonchev–Trinajstić information content (AvgIpc) is 3.83. The van der Waals surface area contributed by atoms with E-state index in [2.05, 4.69) is 21.3 Å². The molecule has 2 saturated carbocycles. The third-order valence-corrected chi connectivity index (χ3v) is 10.7. The van der Waals surface area contributed by atoms with Gasteiger partial charge in [0.15, 0.2) is 0 Å². The minimum atomic E-state index is -1.19. The molecule has 14 heteroatoms. The van der Waals surface area contributed by atoms with E-state index in [4.69, 9.17) is 4.74 Å². The van der Waals surface area contributed by atoms with Crippen molar-refractivity contribution in [1.29, 1.82) is 0 Å². The van der Waals surface area contributed by atoms with E-state index in [1.54, 1.807) is 49.3 Å². The van der Waals surface area contributed by atoms with E-state index in [1.165, 1.54) is 4.90 Å². The summed E-state index contributed by atoms with van der Waals surface area (Å²) >= 11 is 0. The van der Waals surface area contributed by atoms with Crippen LogP contribution in [-0.4, -0.2) is 103 Å². The number of rotatable bonds is 15. The lowest BCUT2D eigenvalue weighted by atomic mass is 9.78. The average molecular weight is 739 g/mol. The lowest BCUT2D eigenvalue weighted by Crippen LogP contribution is -2.60. The molecule has 6 amide bonds. The molecular weight excluding hydrogens is 680 g/mol. The Bertz CT molecular complexity index is 1530. The van der Waals surface area contributed by atoms with Gasteiger partial charge in [-0.1, -0.05) is 78.3 Å². The highest BCUT2D eigenvalue weighted by atomic mass is 16.5. The van der Waals surface area contributed by atoms with Crippen LogP contribution in [0.1, 0.15) is 85.3 Å². The number of nitrogens with zero attached hydrogens (tertiary/aromatic N) is 2. The maximum Gasteiger partial charge on any atom is 0.407 e. The van der Waals surface area contributed by atoms with E-state index in [-0.39, 0.29) is 42.6 Å². The fourth-order valence-corrected chi connectivity index (χ4v) is 8.15. The number of hydrogen-bond donors (Lipinski definition) is 4. The van der Waals surface area contributed by atoms with Crippen LogP contribution in [0.5, 0.6) is 0 Å². The number of likely N-dealkylation sites (N-methyl/N-ethyl adjacent to an activating group) is 1. The zero-order valence-corrected chi connectivity index (χ0v) is 32.4. The third-order valence-electron chi connectivity index (χ3n) is 10.7. The Labute approximate surface area is 312 Å². The molecule has 2 unspecified atom stereocenters. The van der Waals surface area contributed by atoms with Crippen molar-refractivity contribution in [1.82, 2.24) is 31.1 Å². The SMILES string of the molecule is CCCC(NC(=O)[C@@H]1[C@H]2[C@@H]3CC[C@@H](C3)[C@H]2CN1C(=O)[C@@H](NC(=O)OCC(C)C)C(C)(C)C)C(=O)C(=O)NCC(=O)NC(C(=O)N(C)C)c1ccccc1. The standard InChI is InChI=1S/C39H58N6O8/c1-9-13-27(32(47)35(49)40-19-28(46)42-30(36(50)44(7)8)23-14-11-10-12-15-23)41-34(48)31-29-25-17-16-24(18-25)26(29)20-45(31)37(51)33(39(4,5)6)43-38(52)53-21-22(2)3/h10-12,14-15,22,24-27,29-31,33H,9,13,16-21H2,1-8H3,(H,40,49)(H,41,48)(H,42,46)(H,43,52)/t24-,25+,26+,27?,29-,30?,31-,33+/m0/s1. The Morgan fingerprint density at radius 2 is 1.60 bits per heavy atom. The van der Waals surface area contributed by atoms with Gasteiger partial charge in [0.25, 0.3) is 5.91 Å². The van der Waals surface area contributed by atoms with Gasteiger partial charge < -0.3 is 35.8 Å². The number of nitrogens with one attached hydrogen (secondary N) is 4. The number of hydrogen-bond acceptors (Lipinski definition) is 8. The molecule has 14 nitrogen and oxygen atoms in total. The van der Waals surface area contributed by atoms with Crippen LogP contribution in [0.3, 0.4) is 0 Å². The van der Waals surface area contributed by atoms with E-state index in [1.807, 2.05) is 41.5 Å². The predicted molar refractivity (Wildman–Crippen MR) is 197 cm³/mol. The first-order valence-electron chi connectivity index (χ1n) is 18.9. The molecule has 292 valence electrons. The number of benzene rings is 1. The van der Waals surface area contributed by atoms with Crippen LogP contribution >= 0.6 is 0 Å². The van der Waals surface area contributed by atoms with Crippen LogP contribution in [0.25, 0.3) is 0 Å². The molecule has 3 fully saturated rings. The quantitative estimate of drug-likeness (QED) is 0.198. The number of alkyl carbamates (subject to hydrolysis) is 1. The molecule has 8 atom stereocenters. The molecule has 0 radical (unpaired) electrons. The number of ketones is 1. The van der Waals surface area contributed by atoms with Crippen molar-refractivity contribution in [3.8, 4) is 0 Å².